The lowest BCUT2D eigenvalue weighted by Gasteiger charge is -2.35. The van der Waals surface area contributed by atoms with Crippen molar-refractivity contribution in [3.05, 3.63) is 125 Å². The number of carbonyl (C=O) groups excluding carboxylic acids is 2. The van der Waals surface area contributed by atoms with E-state index in [-0.39, 0.29) is 0 Å². The predicted octanol–water partition coefficient (Wildman–Crippen LogP) is 5.76. The Morgan fingerprint density at radius 1 is 0.778 bits per heavy atom. The van der Waals surface area contributed by atoms with E-state index in [0.717, 1.165) is 16.2 Å². The number of imide groups is 1. The Hall–Kier alpha value is -3.71. The Bertz CT molecular complexity index is 1430. The number of amides is 2. The Labute approximate surface area is 217 Å². The number of hydrogen-bond acceptors (Lipinski definition) is 5. The van der Waals surface area contributed by atoms with Gasteiger partial charge in [0, 0.05) is 22.4 Å². The molecule has 1 aromatic heterocycles. The van der Waals surface area contributed by atoms with Crippen LogP contribution in [0.25, 0.3) is 0 Å². The lowest BCUT2D eigenvalue weighted by atomic mass is 9.69. The van der Waals surface area contributed by atoms with Crippen molar-refractivity contribution < 1.29 is 14.4 Å². The van der Waals surface area contributed by atoms with E-state index in [1.165, 1.54) is 0 Å². The Balaban J connectivity index is 1.62. The minimum absolute atomic E-state index is 0.301. The van der Waals surface area contributed by atoms with E-state index < -0.39 is 29.4 Å². The number of rotatable bonds is 4. The van der Waals surface area contributed by atoms with Gasteiger partial charge in [-0.05, 0) is 53.6 Å². The Kier molecular flexibility index (Phi) is 5.52. The van der Waals surface area contributed by atoms with Crippen LogP contribution in [0.2, 0.25) is 10.0 Å². The maximum Gasteiger partial charge on any atom is 0.267 e. The zero-order chi connectivity index (χ0) is 24.9. The van der Waals surface area contributed by atoms with E-state index in [1.54, 1.807) is 35.7 Å². The van der Waals surface area contributed by atoms with Crippen molar-refractivity contribution in [2.45, 2.75) is 17.6 Å². The molecule has 2 saturated heterocycles. The van der Waals surface area contributed by atoms with Crippen LogP contribution in [0.5, 0.6) is 0 Å². The number of pyridine rings is 1. The molecule has 4 aromatic rings. The summed E-state index contributed by atoms with van der Waals surface area (Å²) in [5.41, 5.74) is 1.10. The van der Waals surface area contributed by atoms with Crippen molar-refractivity contribution in [1.29, 1.82) is 0 Å². The van der Waals surface area contributed by atoms with E-state index in [0.29, 0.717) is 21.3 Å². The van der Waals surface area contributed by atoms with Gasteiger partial charge in [0.05, 0.1) is 11.4 Å². The van der Waals surface area contributed by atoms with Gasteiger partial charge in [0.2, 0.25) is 5.91 Å². The van der Waals surface area contributed by atoms with Gasteiger partial charge in [0.25, 0.3) is 5.91 Å². The molecule has 0 bridgehead atoms. The number of benzene rings is 3. The lowest BCUT2D eigenvalue weighted by molar-refractivity contribution is -0.126. The summed E-state index contributed by atoms with van der Waals surface area (Å²) < 4.78 is 0. The zero-order valence-electron chi connectivity index (χ0n) is 18.8. The molecule has 0 radical (unpaired) electrons. The highest BCUT2D eigenvalue weighted by Gasteiger charge is 2.72. The standard InChI is InChI=1S/C28H19Cl2N3O3/c29-20-15-21(30)17-23(16-20)32-26(34)25-28(27(32)35,19-7-3-1-4-8-19)24(18-11-13-31-14-12-18)33(36-25)22-9-5-2-6-10-22/h1-17,24-25H. The molecule has 0 saturated carbocycles. The molecule has 178 valence electrons. The van der Waals surface area contributed by atoms with E-state index in [4.69, 9.17) is 28.0 Å². The van der Waals surface area contributed by atoms with Gasteiger partial charge in [-0.15, -0.1) is 0 Å². The van der Waals surface area contributed by atoms with Gasteiger partial charge in [-0.25, -0.2) is 9.96 Å². The van der Waals surface area contributed by atoms with Crippen molar-refractivity contribution in [1.82, 2.24) is 4.98 Å². The SMILES string of the molecule is O=C1C2ON(c3ccccc3)C(c3ccncc3)C2(c2ccccc2)C(=O)N1c1cc(Cl)cc(Cl)c1. The van der Waals surface area contributed by atoms with Crippen molar-refractivity contribution in [3.63, 3.8) is 0 Å². The number of halogens is 2. The van der Waals surface area contributed by atoms with Crippen molar-refractivity contribution in [3.8, 4) is 0 Å². The molecule has 2 amide bonds. The molecule has 8 heteroatoms. The summed E-state index contributed by atoms with van der Waals surface area (Å²) in [6.07, 6.45) is 2.21. The molecule has 3 unspecified atom stereocenters. The normalized spacial score (nSPS) is 23.3. The highest BCUT2D eigenvalue weighted by molar-refractivity contribution is 6.36. The molecule has 3 heterocycles. The van der Waals surface area contributed by atoms with Gasteiger partial charge >= 0.3 is 0 Å². The van der Waals surface area contributed by atoms with E-state index in [2.05, 4.69) is 4.98 Å². The smallest absolute Gasteiger partial charge is 0.267 e. The molecule has 2 aliphatic heterocycles. The van der Waals surface area contributed by atoms with Gasteiger partial charge in [-0.1, -0.05) is 71.7 Å². The molecule has 3 aromatic carbocycles. The van der Waals surface area contributed by atoms with Crippen molar-refractivity contribution >= 4 is 46.4 Å². The minimum atomic E-state index is -1.38. The molecule has 0 N–H and O–H groups in total. The molecule has 2 aliphatic rings. The Morgan fingerprint density at radius 3 is 2.03 bits per heavy atom. The largest absolute Gasteiger partial charge is 0.273 e. The number of hydroxylamine groups is 1. The number of hydrogen-bond donors (Lipinski definition) is 0. The first-order valence-electron chi connectivity index (χ1n) is 11.3. The molecular weight excluding hydrogens is 497 g/mol. The fourth-order valence-corrected chi connectivity index (χ4v) is 5.76. The predicted molar refractivity (Wildman–Crippen MR) is 138 cm³/mol. The average molecular weight is 516 g/mol. The first-order valence-corrected chi connectivity index (χ1v) is 12.1. The molecule has 36 heavy (non-hydrogen) atoms. The van der Waals surface area contributed by atoms with Crippen LogP contribution in [0.4, 0.5) is 11.4 Å². The van der Waals surface area contributed by atoms with E-state index >= 15 is 0 Å². The summed E-state index contributed by atoms with van der Waals surface area (Å²) in [5, 5.41) is 2.31. The van der Waals surface area contributed by atoms with Crippen LogP contribution in [0, 0.1) is 0 Å². The summed E-state index contributed by atoms with van der Waals surface area (Å²) in [5.74, 6) is -0.901. The Morgan fingerprint density at radius 2 is 1.39 bits per heavy atom. The number of fused-ring (bicyclic) bond motifs is 1. The second-order valence-electron chi connectivity index (χ2n) is 8.67. The maximum absolute atomic E-state index is 14.6. The van der Waals surface area contributed by atoms with Crippen molar-refractivity contribution in [2.24, 2.45) is 0 Å². The van der Waals surface area contributed by atoms with Crippen LogP contribution in [-0.2, 0) is 19.8 Å². The summed E-state index contributed by atoms with van der Waals surface area (Å²) in [7, 11) is 0. The van der Waals surface area contributed by atoms with Crippen LogP contribution in [0.15, 0.2) is 103 Å². The van der Waals surface area contributed by atoms with Gasteiger partial charge in [-0.2, -0.15) is 0 Å². The number of aromatic nitrogens is 1. The summed E-state index contributed by atoms with van der Waals surface area (Å²) in [4.78, 5) is 40.3. The van der Waals surface area contributed by atoms with Crippen molar-refractivity contribution in [2.75, 3.05) is 9.96 Å². The third-order valence-electron chi connectivity index (χ3n) is 6.69. The quantitative estimate of drug-likeness (QED) is 0.323. The molecule has 0 spiro atoms. The summed E-state index contributed by atoms with van der Waals surface area (Å²) in [6, 6.07) is 26.4. The molecule has 6 rings (SSSR count). The van der Waals surface area contributed by atoms with Gasteiger partial charge in [-0.3, -0.25) is 19.4 Å². The first kappa shape index (κ1) is 22.7. The molecule has 0 aliphatic carbocycles. The number of carbonyl (C=O) groups is 2. The monoisotopic (exact) mass is 515 g/mol. The van der Waals surface area contributed by atoms with Crippen LogP contribution >= 0.6 is 23.2 Å². The number of nitrogens with zero attached hydrogens (tertiary/aromatic N) is 3. The number of para-hydroxylation sites is 1. The molecular formula is C28H19Cl2N3O3. The average Bonchev–Trinajstić information content (AvgIpc) is 3.36. The fraction of sp³-hybridized carbons (Fsp3) is 0.107. The highest BCUT2D eigenvalue weighted by atomic mass is 35.5. The maximum atomic E-state index is 14.6. The first-order chi connectivity index (χ1) is 17.5. The van der Waals surface area contributed by atoms with Crippen LogP contribution in [0.3, 0.4) is 0 Å². The van der Waals surface area contributed by atoms with E-state index in [1.807, 2.05) is 72.8 Å². The van der Waals surface area contributed by atoms with Gasteiger partial charge in [0.1, 0.15) is 11.5 Å². The van der Waals surface area contributed by atoms with Crippen LogP contribution < -0.4 is 9.96 Å². The summed E-state index contributed by atoms with van der Waals surface area (Å²) >= 11 is 12.5. The van der Waals surface area contributed by atoms with Crippen LogP contribution in [0.1, 0.15) is 17.2 Å². The zero-order valence-corrected chi connectivity index (χ0v) is 20.3. The minimum Gasteiger partial charge on any atom is -0.273 e. The van der Waals surface area contributed by atoms with E-state index in [9.17, 15) is 9.59 Å². The summed E-state index contributed by atoms with van der Waals surface area (Å²) in [6.45, 7) is 0. The molecule has 6 nitrogen and oxygen atoms in total. The molecule has 2 fully saturated rings. The van der Waals surface area contributed by atoms with Gasteiger partial charge in [0.15, 0.2) is 6.10 Å². The van der Waals surface area contributed by atoms with Gasteiger partial charge < -0.3 is 0 Å². The third-order valence-corrected chi connectivity index (χ3v) is 7.13. The molecule has 3 atom stereocenters. The highest BCUT2D eigenvalue weighted by Crippen LogP contribution is 2.57. The second kappa shape index (κ2) is 8.75. The fourth-order valence-electron chi connectivity index (χ4n) is 5.25. The second-order valence-corrected chi connectivity index (χ2v) is 9.54. The number of anilines is 2. The lowest BCUT2D eigenvalue weighted by Crippen LogP contribution is -2.46. The third kappa shape index (κ3) is 3.33. The topological polar surface area (TPSA) is 62.7 Å². The van der Waals surface area contributed by atoms with Crippen LogP contribution in [-0.4, -0.2) is 22.9 Å².